The topological polar surface area (TPSA) is 49.7 Å². The number of rotatable bonds is 3. The molecule has 0 bridgehead atoms. The van der Waals surface area contributed by atoms with Gasteiger partial charge in [0.05, 0.1) is 0 Å². The molecule has 0 atom stereocenters. The first kappa shape index (κ1) is 11.6. The van der Waals surface area contributed by atoms with E-state index in [2.05, 4.69) is 15.9 Å². The van der Waals surface area contributed by atoms with E-state index in [0.717, 1.165) is 10.0 Å². The fourth-order valence-electron chi connectivity index (χ4n) is 1.19. The van der Waals surface area contributed by atoms with Gasteiger partial charge >= 0.3 is 7.32 Å². The van der Waals surface area contributed by atoms with Crippen LogP contribution in [0.1, 0.15) is 25.3 Å². The van der Waals surface area contributed by atoms with Gasteiger partial charge in [0.2, 0.25) is 0 Å². The average molecular weight is 259 g/mol. The molecule has 3 nitrogen and oxygen atoms in total. The number of benzene rings is 1. The lowest BCUT2D eigenvalue weighted by Gasteiger charge is -2.13. The van der Waals surface area contributed by atoms with Crippen LogP contribution in [0.5, 0.6) is 5.75 Å². The maximum Gasteiger partial charge on any atom is 0.707 e. The van der Waals surface area contributed by atoms with Crippen molar-refractivity contribution in [3.8, 4) is 5.75 Å². The summed E-state index contributed by atoms with van der Waals surface area (Å²) in [7, 11) is -1.77. The van der Waals surface area contributed by atoms with Gasteiger partial charge in [0.1, 0.15) is 5.75 Å². The van der Waals surface area contributed by atoms with Crippen LogP contribution < -0.4 is 4.65 Å². The van der Waals surface area contributed by atoms with E-state index >= 15 is 0 Å². The van der Waals surface area contributed by atoms with Crippen molar-refractivity contribution >= 4 is 23.3 Å². The molecule has 0 aliphatic rings. The minimum atomic E-state index is -1.77. The lowest BCUT2D eigenvalue weighted by molar-refractivity contribution is 0.286. The zero-order chi connectivity index (χ0) is 10.7. The van der Waals surface area contributed by atoms with Gasteiger partial charge in [-0.25, -0.2) is 0 Å². The molecular weight excluding hydrogens is 247 g/mol. The molecule has 0 fully saturated rings. The normalized spacial score (nSPS) is 10.4. The molecule has 1 aromatic carbocycles. The first-order chi connectivity index (χ1) is 6.50. The van der Waals surface area contributed by atoms with Crippen LogP contribution >= 0.6 is 15.9 Å². The van der Waals surface area contributed by atoms with Crippen LogP contribution in [0.4, 0.5) is 0 Å². The summed E-state index contributed by atoms with van der Waals surface area (Å²) in [4.78, 5) is 0. The van der Waals surface area contributed by atoms with Crippen molar-refractivity contribution in [2.45, 2.75) is 19.8 Å². The van der Waals surface area contributed by atoms with E-state index in [1.54, 1.807) is 12.1 Å². The second-order valence-corrected chi connectivity index (χ2v) is 4.20. The Balaban J connectivity index is 3.02. The summed E-state index contributed by atoms with van der Waals surface area (Å²) in [6, 6.07) is 5.41. The second kappa shape index (κ2) is 4.82. The zero-order valence-corrected chi connectivity index (χ0v) is 9.65. The zero-order valence-electron chi connectivity index (χ0n) is 8.07. The van der Waals surface area contributed by atoms with Gasteiger partial charge in [-0.2, -0.15) is 0 Å². The van der Waals surface area contributed by atoms with Crippen molar-refractivity contribution in [2.75, 3.05) is 0 Å². The highest BCUT2D eigenvalue weighted by molar-refractivity contribution is 9.10. The van der Waals surface area contributed by atoms with Crippen LogP contribution in [-0.2, 0) is 0 Å². The molecule has 0 radical (unpaired) electrons. The lowest BCUT2D eigenvalue weighted by Crippen LogP contribution is -2.21. The van der Waals surface area contributed by atoms with Gasteiger partial charge < -0.3 is 14.7 Å². The Hall–Kier alpha value is -0.515. The fraction of sp³-hybridized carbons (Fsp3) is 0.333. The van der Waals surface area contributed by atoms with Crippen molar-refractivity contribution in [1.29, 1.82) is 0 Å². The quantitative estimate of drug-likeness (QED) is 0.815. The molecule has 2 N–H and O–H groups in total. The van der Waals surface area contributed by atoms with Gasteiger partial charge in [0.15, 0.2) is 0 Å². The van der Waals surface area contributed by atoms with E-state index in [9.17, 15) is 0 Å². The molecule has 76 valence electrons. The summed E-state index contributed by atoms with van der Waals surface area (Å²) in [5.74, 6) is 0.763. The highest BCUT2D eigenvalue weighted by Gasteiger charge is 2.15. The summed E-state index contributed by atoms with van der Waals surface area (Å²) in [5.41, 5.74) is 0.937. The molecule has 1 rings (SSSR count). The molecule has 14 heavy (non-hydrogen) atoms. The first-order valence-electron chi connectivity index (χ1n) is 4.33. The smallest absolute Gasteiger partial charge is 0.512 e. The van der Waals surface area contributed by atoms with Crippen molar-refractivity contribution in [1.82, 2.24) is 0 Å². The van der Waals surface area contributed by atoms with Gasteiger partial charge in [-0.15, -0.1) is 0 Å². The minimum Gasteiger partial charge on any atom is -0.512 e. The van der Waals surface area contributed by atoms with Crippen molar-refractivity contribution < 1.29 is 14.7 Å². The van der Waals surface area contributed by atoms with E-state index < -0.39 is 7.32 Å². The Morgan fingerprint density at radius 3 is 2.50 bits per heavy atom. The largest absolute Gasteiger partial charge is 0.707 e. The van der Waals surface area contributed by atoms with E-state index in [1.165, 1.54) is 0 Å². The fourth-order valence-corrected chi connectivity index (χ4v) is 1.57. The summed E-state index contributed by atoms with van der Waals surface area (Å²) in [6.45, 7) is 4.02. The van der Waals surface area contributed by atoms with Crippen LogP contribution in [0, 0.1) is 0 Å². The molecule has 0 unspecified atom stereocenters. The molecule has 0 heterocycles. The molecule has 0 saturated heterocycles. The van der Waals surface area contributed by atoms with Crippen molar-refractivity contribution in [2.24, 2.45) is 0 Å². The first-order valence-corrected chi connectivity index (χ1v) is 5.12. The monoisotopic (exact) mass is 258 g/mol. The minimum absolute atomic E-state index is 0.265. The SMILES string of the molecule is CC(C)c1cc(Br)ccc1OB(O)O. The molecule has 0 saturated carbocycles. The van der Waals surface area contributed by atoms with Crippen LogP contribution in [-0.4, -0.2) is 17.4 Å². The average Bonchev–Trinajstić information content (AvgIpc) is 2.07. The molecule has 0 aromatic heterocycles. The highest BCUT2D eigenvalue weighted by Crippen LogP contribution is 2.29. The Bertz CT molecular complexity index is 315. The molecule has 0 aliphatic carbocycles. The Morgan fingerprint density at radius 2 is 2.00 bits per heavy atom. The highest BCUT2D eigenvalue weighted by atomic mass is 79.9. The molecule has 0 amide bonds. The molecular formula is C9H12BBrO3. The maximum atomic E-state index is 8.70. The third-order valence-corrected chi connectivity index (χ3v) is 2.32. The van der Waals surface area contributed by atoms with Gasteiger partial charge in [-0.05, 0) is 29.7 Å². The van der Waals surface area contributed by atoms with E-state index in [4.69, 9.17) is 14.7 Å². The summed E-state index contributed by atoms with van der Waals surface area (Å²) in [5, 5.41) is 17.4. The number of halogens is 1. The van der Waals surface area contributed by atoms with Crippen LogP contribution in [0.3, 0.4) is 0 Å². The summed E-state index contributed by atoms with van der Waals surface area (Å²) >= 11 is 3.35. The molecule has 5 heteroatoms. The standard InChI is InChI=1S/C9H12BBrO3/c1-6(2)8-5-7(11)3-4-9(8)14-10(12)13/h3-6,12-13H,1-2H3. The van der Waals surface area contributed by atoms with Gasteiger partial charge in [-0.1, -0.05) is 29.8 Å². The lowest BCUT2D eigenvalue weighted by atomic mass is 10.0. The molecule has 1 aromatic rings. The number of hydrogen-bond donors (Lipinski definition) is 2. The van der Waals surface area contributed by atoms with Crippen molar-refractivity contribution in [3.05, 3.63) is 28.2 Å². The third kappa shape index (κ3) is 3.01. The summed E-state index contributed by atoms with van der Waals surface area (Å²) in [6.07, 6.45) is 0. The Kier molecular flexibility index (Phi) is 3.98. The maximum absolute atomic E-state index is 8.70. The predicted molar refractivity (Wildman–Crippen MR) is 59.1 cm³/mol. The predicted octanol–water partition coefficient (Wildman–Crippen LogP) is 1.92. The van der Waals surface area contributed by atoms with Gasteiger partial charge in [0.25, 0.3) is 0 Å². The second-order valence-electron chi connectivity index (χ2n) is 3.28. The third-order valence-electron chi connectivity index (χ3n) is 1.83. The summed E-state index contributed by atoms with van der Waals surface area (Å²) < 4.78 is 5.80. The van der Waals surface area contributed by atoms with Gasteiger partial charge in [0, 0.05) is 4.47 Å². The van der Waals surface area contributed by atoms with E-state index in [-0.39, 0.29) is 5.92 Å². The number of hydrogen-bond acceptors (Lipinski definition) is 3. The molecule has 0 spiro atoms. The van der Waals surface area contributed by atoms with Gasteiger partial charge in [-0.3, -0.25) is 0 Å². The Labute approximate surface area is 92.0 Å². The van der Waals surface area contributed by atoms with Crippen LogP contribution in [0.25, 0.3) is 0 Å². The van der Waals surface area contributed by atoms with Crippen LogP contribution in [0.2, 0.25) is 0 Å². The van der Waals surface area contributed by atoms with E-state index in [1.807, 2.05) is 19.9 Å². The van der Waals surface area contributed by atoms with Crippen LogP contribution in [0.15, 0.2) is 22.7 Å². The van der Waals surface area contributed by atoms with Crippen molar-refractivity contribution in [3.63, 3.8) is 0 Å². The molecule has 0 aliphatic heterocycles. The van der Waals surface area contributed by atoms with E-state index in [0.29, 0.717) is 5.75 Å². The Morgan fingerprint density at radius 1 is 1.36 bits per heavy atom.